The number of β-amino-alcohol motifs (C(OH)–C–C–N with tert-alkyl or cyclic N) is 1. The molecule has 4 heterocycles. The number of carbonyl (C=O) groups is 1. The largest absolute Gasteiger partial charge is 0.389 e. The van der Waals surface area contributed by atoms with Crippen molar-refractivity contribution in [1.82, 2.24) is 9.80 Å². The fraction of sp³-hybridized carbons (Fsp3) is 0.952. The van der Waals surface area contributed by atoms with Crippen LogP contribution in [0.1, 0.15) is 32.1 Å². The summed E-state index contributed by atoms with van der Waals surface area (Å²) in [6.07, 6.45) is 3.89. The molecule has 0 aliphatic carbocycles. The minimum absolute atomic E-state index is 0.0430. The van der Waals surface area contributed by atoms with Crippen molar-refractivity contribution >= 4 is 5.91 Å². The number of fused-ring (bicyclic) bond motifs is 1. The number of hydrogen-bond donors (Lipinski definition) is 1. The molecule has 166 valence electrons. The van der Waals surface area contributed by atoms with E-state index < -0.39 is 6.10 Å². The highest BCUT2D eigenvalue weighted by atomic mass is 16.5. The molecular formula is C21H36N2O6. The van der Waals surface area contributed by atoms with Crippen LogP contribution in [0.2, 0.25) is 0 Å². The molecule has 0 aromatic rings. The van der Waals surface area contributed by atoms with Gasteiger partial charge in [0.1, 0.15) is 0 Å². The zero-order valence-corrected chi connectivity index (χ0v) is 17.4. The van der Waals surface area contributed by atoms with Crippen molar-refractivity contribution in [2.45, 2.75) is 56.5 Å². The second-order valence-electron chi connectivity index (χ2n) is 8.84. The van der Waals surface area contributed by atoms with E-state index in [1.807, 2.05) is 4.90 Å². The fourth-order valence-corrected chi connectivity index (χ4v) is 5.05. The molecule has 4 saturated heterocycles. The first-order valence-corrected chi connectivity index (χ1v) is 11.3. The number of carbonyl (C=O) groups excluding carboxylic acids is 1. The lowest BCUT2D eigenvalue weighted by Crippen LogP contribution is -2.57. The molecule has 0 saturated carbocycles. The standard InChI is InChI=1S/C21H36N2O6/c24-17-13-23(12-16-3-7-26-8-4-16)19-2-1-18(29-20(19)15-28-14-17)11-21(25)22-5-9-27-10-6-22/h16-20,24H,1-15H2/t17-,18-,19-,20+/m0/s1. The Hall–Kier alpha value is -0.770. The van der Waals surface area contributed by atoms with Gasteiger partial charge in [-0.2, -0.15) is 0 Å². The van der Waals surface area contributed by atoms with Gasteiger partial charge in [-0.1, -0.05) is 0 Å². The van der Waals surface area contributed by atoms with Gasteiger partial charge in [-0.15, -0.1) is 0 Å². The Labute approximate surface area is 173 Å². The number of aliphatic hydroxyl groups excluding tert-OH is 1. The number of hydrogen-bond acceptors (Lipinski definition) is 7. The van der Waals surface area contributed by atoms with Gasteiger partial charge in [0.25, 0.3) is 0 Å². The average molecular weight is 413 g/mol. The molecule has 0 unspecified atom stereocenters. The lowest BCUT2D eigenvalue weighted by Gasteiger charge is -2.46. The minimum atomic E-state index is -0.462. The number of ether oxygens (including phenoxy) is 4. The van der Waals surface area contributed by atoms with Gasteiger partial charge < -0.3 is 29.0 Å². The maximum atomic E-state index is 12.6. The van der Waals surface area contributed by atoms with E-state index in [-0.39, 0.29) is 24.2 Å². The van der Waals surface area contributed by atoms with Crippen molar-refractivity contribution in [2.24, 2.45) is 5.92 Å². The smallest absolute Gasteiger partial charge is 0.225 e. The summed E-state index contributed by atoms with van der Waals surface area (Å²) in [5.41, 5.74) is 0. The normalized spacial score (nSPS) is 35.6. The summed E-state index contributed by atoms with van der Waals surface area (Å²) in [6.45, 7) is 6.69. The molecule has 8 heteroatoms. The van der Waals surface area contributed by atoms with Crippen LogP contribution < -0.4 is 0 Å². The summed E-state index contributed by atoms with van der Waals surface area (Å²) in [6, 6.07) is 0.238. The zero-order chi connectivity index (χ0) is 20.1. The monoisotopic (exact) mass is 412 g/mol. The first kappa shape index (κ1) is 21.5. The molecule has 0 radical (unpaired) electrons. The van der Waals surface area contributed by atoms with Crippen LogP contribution in [-0.2, 0) is 23.7 Å². The van der Waals surface area contributed by atoms with Crippen molar-refractivity contribution in [3.8, 4) is 0 Å². The Morgan fingerprint density at radius 1 is 0.931 bits per heavy atom. The van der Waals surface area contributed by atoms with E-state index in [0.717, 1.165) is 45.4 Å². The highest BCUT2D eigenvalue weighted by molar-refractivity contribution is 5.76. The van der Waals surface area contributed by atoms with E-state index in [9.17, 15) is 9.90 Å². The zero-order valence-electron chi connectivity index (χ0n) is 17.4. The van der Waals surface area contributed by atoms with E-state index in [1.165, 1.54) is 0 Å². The van der Waals surface area contributed by atoms with Gasteiger partial charge in [0.05, 0.1) is 51.2 Å². The number of morpholine rings is 1. The van der Waals surface area contributed by atoms with Gasteiger partial charge >= 0.3 is 0 Å². The third kappa shape index (κ3) is 5.89. The minimum Gasteiger partial charge on any atom is -0.389 e. The highest BCUT2D eigenvalue weighted by Crippen LogP contribution is 2.29. The molecule has 29 heavy (non-hydrogen) atoms. The molecule has 4 atom stereocenters. The van der Waals surface area contributed by atoms with Gasteiger partial charge in [-0.25, -0.2) is 0 Å². The molecule has 1 N–H and O–H groups in total. The average Bonchev–Trinajstić information content (AvgIpc) is 2.74. The van der Waals surface area contributed by atoms with E-state index >= 15 is 0 Å². The number of amides is 1. The van der Waals surface area contributed by atoms with Crippen LogP contribution in [0.3, 0.4) is 0 Å². The SMILES string of the molecule is O=C(C[C@@H]1CC[C@H]2[C@@H](COC[C@@H](O)CN2CC2CCOCC2)O1)N1CCOCC1. The molecule has 0 spiro atoms. The molecule has 4 aliphatic heterocycles. The van der Waals surface area contributed by atoms with Gasteiger partial charge in [0, 0.05) is 45.4 Å². The second kappa shape index (κ2) is 10.5. The van der Waals surface area contributed by atoms with E-state index in [2.05, 4.69) is 4.90 Å². The molecule has 1 amide bonds. The van der Waals surface area contributed by atoms with Crippen LogP contribution in [0.5, 0.6) is 0 Å². The van der Waals surface area contributed by atoms with E-state index in [0.29, 0.717) is 58.4 Å². The second-order valence-corrected chi connectivity index (χ2v) is 8.84. The third-order valence-corrected chi connectivity index (χ3v) is 6.69. The van der Waals surface area contributed by atoms with Crippen LogP contribution in [0.15, 0.2) is 0 Å². The van der Waals surface area contributed by atoms with Crippen LogP contribution in [-0.4, -0.2) is 111 Å². The van der Waals surface area contributed by atoms with Crippen LogP contribution >= 0.6 is 0 Å². The Balaban J connectivity index is 1.35. The molecule has 0 aromatic heterocycles. The molecule has 0 bridgehead atoms. The van der Waals surface area contributed by atoms with E-state index in [4.69, 9.17) is 18.9 Å². The maximum Gasteiger partial charge on any atom is 0.225 e. The van der Waals surface area contributed by atoms with Crippen LogP contribution in [0.4, 0.5) is 0 Å². The quantitative estimate of drug-likeness (QED) is 0.710. The first-order chi connectivity index (χ1) is 14.2. The number of aliphatic hydroxyl groups is 1. The number of rotatable bonds is 4. The Kier molecular flexibility index (Phi) is 7.77. The summed E-state index contributed by atoms with van der Waals surface area (Å²) in [7, 11) is 0. The molecule has 4 fully saturated rings. The molecule has 4 aliphatic rings. The summed E-state index contributed by atoms with van der Waals surface area (Å²) in [5.74, 6) is 0.774. The predicted octanol–water partition coefficient (Wildman–Crippen LogP) is 0.271. The van der Waals surface area contributed by atoms with Crippen molar-refractivity contribution in [3.63, 3.8) is 0 Å². The van der Waals surface area contributed by atoms with Gasteiger partial charge in [0.2, 0.25) is 5.91 Å². The Morgan fingerprint density at radius 2 is 1.69 bits per heavy atom. The Bertz CT molecular complexity index is 523. The summed E-state index contributed by atoms with van der Waals surface area (Å²) < 4.78 is 23.0. The van der Waals surface area contributed by atoms with Crippen molar-refractivity contribution in [3.05, 3.63) is 0 Å². The topological polar surface area (TPSA) is 80.7 Å². The number of nitrogens with zero attached hydrogens (tertiary/aromatic N) is 2. The maximum absolute atomic E-state index is 12.6. The molecule has 8 nitrogen and oxygen atoms in total. The lowest BCUT2D eigenvalue weighted by atomic mass is 9.92. The van der Waals surface area contributed by atoms with Crippen LogP contribution in [0.25, 0.3) is 0 Å². The fourth-order valence-electron chi connectivity index (χ4n) is 5.05. The van der Waals surface area contributed by atoms with Crippen molar-refractivity contribution in [1.29, 1.82) is 0 Å². The molecule has 4 rings (SSSR count). The summed E-state index contributed by atoms with van der Waals surface area (Å²) in [5, 5.41) is 10.3. The summed E-state index contributed by atoms with van der Waals surface area (Å²) in [4.78, 5) is 16.9. The van der Waals surface area contributed by atoms with Gasteiger partial charge in [0.15, 0.2) is 0 Å². The third-order valence-electron chi connectivity index (χ3n) is 6.69. The van der Waals surface area contributed by atoms with Gasteiger partial charge in [-0.3, -0.25) is 9.69 Å². The first-order valence-electron chi connectivity index (χ1n) is 11.3. The molecular weight excluding hydrogens is 376 g/mol. The van der Waals surface area contributed by atoms with E-state index in [1.54, 1.807) is 0 Å². The van der Waals surface area contributed by atoms with Crippen molar-refractivity contribution in [2.75, 3.05) is 65.8 Å². The lowest BCUT2D eigenvalue weighted by molar-refractivity contribution is -0.163. The predicted molar refractivity (Wildman–Crippen MR) is 106 cm³/mol. The Morgan fingerprint density at radius 3 is 2.48 bits per heavy atom. The highest BCUT2D eigenvalue weighted by Gasteiger charge is 2.39. The van der Waals surface area contributed by atoms with Gasteiger partial charge in [-0.05, 0) is 31.6 Å². The summed E-state index contributed by atoms with van der Waals surface area (Å²) >= 11 is 0. The van der Waals surface area contributed by atoms with Crippen molar-refractivity contribution < 1.29 is 28.8 Å². The molecule has 0 aromatic carbocycles. The van der Waals surface area contributed by atoms with Crippen LogP contribution in [0, 0.1) is 5.92 Å².